The van der Waals surface area contributed by atoms with E-state index in [1.807, 2.05) is 13.0 Å². The van der Waals surface area contributed by atoms with E-state index >= 15 is 0 Å². The Kier molecular flexibility index (Phi) is 6.07. The van der Waals surface area contributed by atoms with Gasteiger partial charge in [-0.05, 0) is 36.8 Å². The van der Waals surface area contributed by atoms with Gasteiger partial charge in [-0.2, -0.15) is 0 Å². The number of rotatable bonds is 6. The van der Waals surface area contributed by atoms with Gasteiger partial charge in [0.25, 0.3) is 0 Å². The molecule has 0 aliphatic rings. The molecule has 0 fully saturated rings. The lowest BCUT2D eigenvalue weighted by atomic mass is 10.2. The molecule has 0 unspecified atom stereocenters. The SMILES string of the molecule is CCOc1cc(CNc2cc(Cl)cc(Cl)c2)c(Cl)cc1OC. The molecule has 1 N–H and O–H groups in total. The monoisotopic (exact) mass is 359 g/mol. The number of benzene rings is 2. The highest BCUT2D eigenvalue weighted by Crippen LogP contribution is 2.34. The van der Waals surface area contributed by atoms with Crippen molar-refractivity contribution in [3.8, 4) is 11.5 Å². The second kappa shape index (κ2) is 7.82. The van der Waals surface area contributed by atoms with E-state index in [-0.39, 0.29) is 0 Å². The van der Waals surface area contributed by atoms with E-state index in [1.165, 1.54) is 0 Å². The van der Waals surface area contributed by atoms with Crippen molar-refractivity contribution in [1.29, 1.82) is 0 Å². The van der Waals surface area contributed by atoms with Crippen LogP contribution in [0.3, 0.4) is 0 Å². The Morgan fingerprint density at radius 2 is 1.64 bits per heavy atom. The third kappa shape index (κ3) is 4.35. The molecule has 0 radical (unpaired) electrons. The van der Waals surface area contributed by atoms with E-state index in [2.05, 4.69) is 5.32 Å². The summed E-state index contributed by atoms with van der Waals surface area (Å²) in [7, 11) is 1.58. The molecule has 0 aliphatic heterocycles. The first-order valence-electron chi connectivity index (χ1n) is 6.72. The Morgan fingerprint density at radius 1 is 0.955 bits per heavy atom. The number of hydrogen-bond donors (Lipinski definition) is 1. The van der Waals surface area contributed by atoms with Gasteiger partial charge in [0.2, 0.25) is 0 Å². The highest BCUT2D eigenvalue weighted by molar-refractivity contribution is 6.35. The Hall–Kier alpha value is -1.29. The molecule has 0 aromatic heterocycles. The Bertz CT molecular complexity index is 642. The van der Waals surface area contributed by atoms with Gasteiger partial charge in [0.15, 0.2) is 11.5 Å². The molecule has 6 heteroatoms. The third-order valence-corrected chi connectivity index (χ3v) is 3.77. The van der Waals surface area contributed by atoms with E-state index < -0.39 is 0 Å². The summed E-state index contributed by atoms with van der Waals surface area (Å²) in [6.45, 7) is 2.98. The average molecular weight is 361 g/mol. The minimum Gasteiger partial charge on any atom is -0.493 e. The Labute approximate surface area is 145 Å². The van der Waals surface area contributed by atoms with Gasteiger partial charge < -0.3 is 14.8 Å². The zero-order valence-corrected chi connectivity index (χ0v) is 14.5. The minimum absolute atomic E-state index is 0.513. The van der Waals surface area contributed by atoms with Crippen LogP contribution in [0.4, 0.5) is 5.69 Å². The van der Waals surface area contributed by atoms with Crippen LogP contribution in [0.2, 0.25) is 15.1 Å². The number of ether oxygens (including phenoxy) is 2. The molecular formula is C16H16Cl3NO2. The summed E-state index contributed by atoms with van der Waals surface area (Å²) in [4.78, 5) is 0. The summed E-state index contributed by atoms with van der Waals surface area (Å²) in [6, 6.07) is 8.89. The molecule has 0 heterocycles. The molecule has 0 saturated heterocycles. The number of methoxy groups -OCH3 is 1. The first-order chi connectivity index (χ1) is 10.5. The first kappa shape index (κ1) is 17.1. The van der Waals surface area contributed by atoms with Crippen LogP contribution in [-0.4, -0.2) is 13.7 Å². The van der Waals surface area contributed by atoms with E-state index in [0.29, 0.717) is 39.7 Å². The normalized spacial score (nSPS) is 10.4. The molecule has 0 amide bonds. The van der Waals surface area contributed by atoms with Crippen molar-refractivity contribution in [2.24, 2.45) is 0 Å². The summed E-state index contributed by atoms with van der Waals surface area (Å²) in [5.41, 5.74) is 1.71. The van der Waals surface area contributed by atoms with E-state index in [9.17, 15) is 0 Å². The largest absolute Gasteiger partial charge is 0.493 e. The fourth-order valence-electron chi connectivity index (χ4n) is 1.99. The topological polar surface area (TPSA) is 30.5 Å². The van der Waals surface area contributed by atoms with Crippen LogP contribution in [0, 0.1) is 0 Å². The number of anilines is 1. The van der Waals surface area contributed by atoms with Gasteiger partial charge >= 0.3 is 0 Å². The summed E-state index contributed by atoms with van der Waals surface area (Å²) < 4.78 is 10.8. The molecule has 118 valence electrons. The lowest BCUT2D eigenvalue weighted by molar-refractivity contribution is 0.310. The summed E-state index contributed by atoms with van der Waals surface area (Å²) in [5.74, 6) is 1.27. The maximum absolute atomic E-state index is 6.28. The van der Waals surface area contributed by atoms with Gasteiger partial charge in [-0.25, -0.2) is 0 Å². The Balaban J connectivity index is 2.19. The van der Waals surface area contributed by atoms with E-state index in [1.54, 1.807) is 31.4 Å². The summed E-state index contributed by atoms with van der Waals surface area (Å²) in [5, 5.41) is 4.99. The van der Waals surface area contributed by atoms with Crippen LogP contribution in [0.15, 0.2) is 30.3 Å². The molecule has 3 nitrogen and oxygen atoms in total. The standard InChI is InChI=1S/C16H16Cl3NO2/c1-3-22-16-4-10(14(19)8-15(16)21-2)9-20-13-6-11(17)5-12(18)7-13/h4-8,20H,3,9H2,1-2H3. The van der Waals surface area contributed by atoms with Crippen LogP contribution in [0.1, 0.15) is 12.5 Å². The minimum atomic E-state index is 0.513. The van der Waals surface area contributed by atoms with Crippen molar-refractivity contribution in [3.05, 3.63) is 51.0 Å². The van der Waals surface area contributed by atoms with Crippen LogP contribution in [0.25, 0.3) is 0 Å². The van der Waals surface area contributed by atoms with Crippen LogP contribution in [-0.2, 0) is 6.54 Å². The van der Waals surface area contributed by atoms with E-state index in [4.69, 9.17) is 44.3 Å². The van der Waals surface area contributed by atoms with Gasteiger partial charge in [-0.15, -0.1) is 0 Å². The van der Waals surface area contributed by atoms with Gasteiger partial charge in [0.1, 0.15) is 0 Å². The van der Waals surface area contributed by atoms with E-state index in [0.717, 1.165) is 11.3 Å². The van der Waals surface area contributed by atoms with Crippen molar-refractivity contribution in [3.63, 3.8) is 0 Å². The predicted octanol–water partition coefficient (Wildman–Crippen LogP) is 5.67. The average Bonchev–Trinajstić information content (AvgIpc) is 2.46. The molecule has 0 aliphatic carbocycles. The summed E-state index contributed by atoms with van der Waals surface area (Å²) in [6.07, 6.45) is 0. The van der Waals surface area contributed by atoms with Crippen molar-refractivity contribution in [2.45, 2.75) is 13.5 Å². The molecule has 0 spiro atoms. The zero-order valence-electron chi connectivity index (χ0n) is 12.3. The van der Waals surface area contributed by atoms with Crippen molar-refractivity contribution >= 4 is 40.5 Å². The van der Waals surface area contributed by atoms with Crippen molar-refractivity contribution in [2.75, 3.05) is 19.0 Å². The second-order valence-corrected chi connectivity index (χ2v) is 5.82. The lowest BCUT2D eigenvalue weighted by Crippen LogP contribution is -2.02. The maximum atomic E-state index is 6.28. The van der Waals surface area contributed by atoms with Gasteiger partial charge in [0, 0.05) is 33.4 Å². The number of nitrogens with one attached hydrogen (secondary N) is 1. The third-order valence-electron chi connectivity index (χ3n) is 2.98. The van der Waals surface area contributed by atoms with Crippen molar-refractivity contribution in [1.82, 2.24) is 0 Å². The number of hydrogen-bond acceptors (Lipinski definition) is 3. The number of halogens is 3. The van der Waals surface area contributed by atoms with Gasteiger partial charge in [-0.1, -0.05) is 34.8 Å². The fourth-order valence-corrected chi connectivity index (χ4v) is 2.74. The quantitative estimate of drug-likeness (QED) is 0.720. The molecule has 2 aromatic rings. The highest BCUT2D eigenvalue weighted by Gasteiger charge is 2.10. The molecule has 0 atom stereocenters. The van der Waals surface area contributed by atoms with Gasteiger partial charge in [0.05, 0.1) is 13.7 Å². The van der Waals surface area contributed by atoms with Crippen LogP contribution in [0.5, 0.6) is 11.5 Å². The maximum Gasteiger partial charge on any atom is 0.162 e. The summed E-state index contributed by atoms with van der Waals surface area (Å²) >= 11 is 18.2. The lowest BCUT2D eigenvalue weighted by Gasteiger charge is -2.14. The van der Waals surface area contributed by atoms with Crippen LogP contribution >= 0.6 is 34.8 Å². The molecular weight excluding hydrogens is 345 g/mol. The first-order valence-corrected chi connectivity index (χ1v) is 7.86. The predicted molar refractivity (Wildman–Crippen MR) is 93.0 cm³/mol. The molecule has 22 heavy (non-hydrogen) atoms. The molecule has 0 bridgehead atoms. The molecule has 0 saturated carbocycles. The van der Waals surface area contributed by atoms with Gasteiger partial charge in [-0.3, -0.25) is 0 Å². The fraction of sp³-hybridized carbons (Fsp3) is 0.250. The Morgan fingerprint density at radius 3 is 2.23 bits per heavy atom. The smallest absolute Gasteiger partial charge is 0.162 e. The van der Waals surface area contributed by atoms with Crippen molar-refractivity contribution < 1.29 is 9.47 Å². The zero-order chi connectivity index (χ0) is 16.1. The molecule has 2 aromatic carbocycles. The second-order valence-electron chi connectivity index (χ2n) is 4.54. The highest BCUT2D eigenvalue weighted by atomic mass is 35.5. The molecule has 2 rings (SSSR count). The van der Waals surface area contributed by atoms with Crippen LogP contribution < -0.4 is 14.8 Å².